The summed E-state index contributed by atoms with van der Waals surface area (Å²) in [6.07, 6.45) is 3.99. The Labute approximate surface area is 148 Å². The Kier molecular flexibility index (Phi) is 7.19. The van der Waals surface area contributed by atoms with Crippen LogP contribution in [-0.4, -0.2) is 36.7 Å². The minimum absolute atomic E-state index is 0.552. The molecule has 0 aliphatic carbocycles. The molecule has 5 heteroatoms. The molecule has 5 nitrogen and oxygen atoms in total. The van der Waals surface area contributed by atoms with Gasteiger partial charge in [-0.2, -0.15) is 0 Å². The quantitative estimate of drug-likeness (QED) is 0.393. The van der Waals surface area contributed by atoms with Crippen LogP contribution >= 0.6 is 0 Å². The maximum Gasteiger partial charge on any atom is 0.267 e. The Balaban J connectivity index is 2.03. The van der Waals surface area contributed by atoms with Crippen molar-refractivity contribution in [3.63, 3.8) is 0 Å². The first kappa shape index (κ1) is 18.7. The maximum absolute atomic E-state index is 11.2. The van der Waals surface area contributed by atoms with Crippen molar-refractivity contribution in [1.82, 2.24) is 10.4 Å². The van der Waals surface area contributed by atoms with Gasteiger partial charge in [0.05, 0.1) is 0 Å². The van der Waals surface area contributed by atoms with Crippen molar-refractivity contribution in [1.29, 1.82) is 0 Å². The van der Waals surface area contributed by atoms with Crippen LogP contribution in [0.5, 0.6) is 0 Å². The fraction of sp³-hybridized carbons (Fsp3) is 0.250. The number of nitrogens with zero attached hydrogens (tertiary/aromatic N) is 1. The summed E-state index contributed by atoms with van der Waals surface area (Å²) in [5.74, 6) is -0.552. The van der Waals surface area contributed by atoms with Gasteiger partial charge < -0.3 is 10.2 Å². The number of hydrogen-bond donors (Lipinski definition) is 3. The summed E-state index contributed by atoms with van der Waals surface area (Å²) in [5.41, 5.74) is 5.94. The Morgan fingerprint density at radius 2 is 1.88 bits per heavy atom. The van der Waals surface area contributed by atoms with Gasteiger partial charge in [0.15, 0.2) is 0 Å². The lowest BCUT2D eigenvalue weighted by atomic mass is 10.1. The first-order valence-corrected chi connectivity index (χ1v) is 8.26. The molecule has 2 aromatic carbocycles. The van der Waals surface area contributed by atoms with Crippen molar-refractivity contribution >= 4 is 17.7 Å². The van der Waals surface area contributed by atoms with Crippen molar-refractivity contribution in [3.05, 3.63) is 71.3 Å². The fourth-order valence-corrected chi connectivity index (χ4v) is 2.45. The lowest BCUT2D eigenvalue weighted by molar-refractivity contribution is -0.124. The maximum atomic E-state index is 11.2. The van der Waals surface area contributed by atoms with Crippen molar-refractivity contribution in [2.24, 2.45) is 0 Å². The minimum Gasteiger partial charge on any atom is -0.380 e. The summed E-state index contributed by atoms with van der Waals surface area (Å²) in [7, 11) is 4.15. The number of amides is 1. The molecule has 25 heavy (non-hydrogen) atoms. The Hall–Kier alpha value is -2.63. The van der Waals surface area contributed by atoms with Crippen LogP contribution in [0.1, 0.15) is 16.7 Å². The van der Waals surface area contributed by atoms with Crippen LogP contribution in [0.3, 0.4) is 0 Å². The number of para-hydroxylation sites is 1. The van der Waals surface area contributed by atoms with Crippen molar-refractivity contribution in [2.75, 3.05) is 26.0 Å². The van der Waals surface area contributed by atoms with Gasteiger partial charge in [0, 0.05) is 24.9 Å². The van der Waals surface area contributed by atoms with Gasteiger partial charge in [0.1, 0.15) is 0 Å². The van der Waals surface area contributed by atoms with Crippen LogP contribution in [0.2, 0.25) is 0 Å². The Morgan fingerprint density at radius 3 is 2.64 bits per heavy atom. The van der Waals surface area contributed by atoms with Crippen LogP contribution in [0.4, 0.5) is 5.69 Å². The van der Waals surface area contributed by atoms with Crippen molar-refractivity contribution in [3.8, 4) is 0 Å². The van der Waals surface area contributed by atoms with E-state index >= 15 is 0 Å². The van der Waals surface area contributed by atoms with E-state index in [0.29, 0.717) is 6.54 Å². The van der Waals surface area contributed by atoms with Crippen molar-refractivity contribution in [2.45, 2.75) is 13.0 Å². The zero-order valence-corrected chi connectivity index (χ0v) is 14.7. The van der Waals surface area contributed by atoms with Gasteiger partial charge in [-0.15, -0.1) is 0 Å². The predicted molar refractivity (Wildman–Crippen MR) is 101 cm³/mol. The number of hydrogen-bond acceptors (Lipinski definition) is 4. The molecule has 0 radical (unpaired) electrons. The molecule has 0 atom stereocenters. The molecule has 2 rings (SSSR count). The molecule has 0 saturated carbocycles. The first-order chi connectivity index (χ1) is 12.1. The van der Waals surface area contributed by atoms with E-state index in [1.165, 1.54) is 17.2 Å². The van der Waals surface area contributed by atoms with Gasteiger partial charge in [0.25, 0.3) is 5.91 Å². The van der Waals surface area contributed by atoms with Gasteiger partial charge in [-0.05, 0) is 49.3 Å². The lowest BCUT2D eigenvalue weighted by Gasteiger charge is -2.12. The number of likely N-dealkylation sites (N-methyl/N-ethyl adjacent to an activating group) is 1. The highest BCUT2D eigenvalue weighted by Gasteiger charge is 2.01. The molecular weight excluding hydrogens is 314 g/mol. The second kappa shape index (κ2) is 9.61. The van der Waals surface area contributed by atoms with Crippen LogP contribution in [0, 0.1) is 0 Å². The van der Waals surface area contributed by atoms with Crippen LogP contribution in [0.15, 0.2) is 54.6 Å². The fourth-order valence-electron chi connectivity index (χ4n) is 2.45. The van der Waals surface area contributed by atoms with Gasteiger partial charge in [-0.1, -0.05) is 42.5 Å². The van der Waals surface area contributed by atoms with Gasteiger partial charge >= 0.3 is 0 Å². The third kappa shape index (κ3) is 6.41. The predicted octanol–water partition coefficient (Wildman–Crippen LogP) is 2.92. The second-order valence-corrected chi connectivity index (χ2v) is 6.12. The third-order valence-electron chi connectivity index (χ3n) is 3.81. The van der Waals surface area contributed by atoms with Gasteiger partial charge in [-0.25, -0.2) is 5.48 Å². The normalized spacial score (nSPS) is 11.0. The molecule has 0 aliphatic heterocycles. The molecule has 3 N–H and O–H groups in total. The minimum atomic E-state index is -0.552. The number of carbonyl (C=O) groups excluding carboxylic acids is 1. The van der Waals surface area contributed by atoms with E-state index in [1.807, 2.05) is 24.3 Å². The summed E-state index contributed by atoms with van der Waals surface area (Å²) in [4.78, 5) is 13.3. The highest BCUT2D eigenvalue weighted by Crippen LogP contribution is 2.18. The van der Waals surface area contributed by atoms with Gasteiger partial charge in [-0.3, -0.25) is 10.0 Å². The zero-order valence-electron chi connectivity index (χ0n) is 14.7. The average molecular weight is 339 g/mol. The molecule has 0 saturated heterocycles. The summed E-state index contributed by atoms with van der Waals surface area (Å²) in [6.45, 7) is 1.73. The van der Waals surface area contributed by atoms with E-state index in [0.717, 1.165) is 24.2 Å². The molecule has 0 spiro atoms. The summed E-state index contributed by atoms with van der Waals surface area (Å²) >= 11 is 0. The molecule has 2 aromatic rings. The number of benzene rings is 2. The van der Waals surface area contributed by atoms with Crippen molar-refractivity contribution < 1.29 is 10.0 Å². The van der Waals surface area contributed by atoms with E-state index in [1.54, 1.807) is 11.6 Å². The van der Waals surface area contributed by atoms with E-state index in [2.05, 4.69) is 48.6 Å². The molecule has 132 valence electrons. The number of anilines is 1. The van der Waals surface area contributed by atoms with E-state index < -0.39 is 5.91 Å². The standard InChI is InChI=1S/C20H25N3O2/c1-23(2)13-12-16-6-5-7-17(14-16)15-21-19-9-4-3-8-18(19)10-11-20(24)22-25/h3-11,14,21,25H,12-13,15H2,1-2H3,(H,22,24). The molecule has 0 bridgehead atoms. The molecule has 0 heterocycles. The number of rotatable bonds is 8. The summed E-state index contributed by atoms with van der Waals surface area (Å²) in [6, 6.07) is 16.3. The largest absolute Gasteiger partial charge is 0.380 e. The van der Waals surface area contributed by atoms with E-state index in [-0.39, 0.29) is 0 Å². The Morgan fingerprint density at radius 1 is 1.12 bits per heavy atom. The topological polar surface area (TPSA) is 64.6 Å². The first-order valence-electron chi connectivity index (χ1n) is 8.26. The lowest BCUT2D eigenvalue weighted by Crippen LogP contribution is -2.15. The molecule has 0 fully saturated rings. The van der Waals surface area contributed by atoms with E-state index in [4.69, 9.17) is 5.21 Å². The summed E-state index contributed by atoms with van der Waals surface area (Å²) in [5, 5.41) is 12.0. The number of carbonyl (C=O) groups is 1. The average Bonchev–Trinajstić information content (AvgIpc) is 2.63. The van der Waals surface area contributed by atoms with Crippen LogP contribution in [-0.2, 0) is 17.8 Å². The monoisotopic (exact) mass is 339 g/mol. The highest BCUT2D eigenvalue weighted by atomic mass is 16.5. The van der Waals surface area contributed by atoms with E-state index in [9.17, 15) is 4.79 Å². The SMILES string of the molecule is CN(C)CCc1cccc(CNc2ccccc2C=CC(=O)NO)c1. The molecule has 0 aromatic heterocycles. The summed E-state index contributed by atoms with van der Waals surface area (Å²) < 4.78 is 0. The molecule has 0 aliphatic rings. The molecular formula is C20H25N3O2. The molecule has 0 unspecified atom stereocenters. The zero-order chi connectivity index (χ0) is 18.1. The third-order valence-corrected chi connectivity index (χ3v) is 3.81. The number of nitrogens with one attached hydrogen (secondary N) is 2. The number of hydroxylamine groups is 1. The smallest absolute Gasteiger partial charge is 0.267 e. The highest BCUT2D eigenvalue weighted by molar-refractivity contribution is 5.91. The molecule has 1 amide bonds. The van der Waals surface area contributed by atoms with Crippen LogP contribution in [0.25, 0.3) is 6.08 Å². The van der Waals surface area contributed by atoms with Crippen LogP contribution < -0.4 is 10.8 Å². The Bertz CT molecular complexity index is 726. The second-order valence-electron chi connectivity index (χ2n) is 6.12. The van der Waals surface area contributed by atoms with Gasteiger partial charge in [0.2, 0.25) is 0 Å².